The number of nitrogens with zero attached hydrogens (tertiary/aromatic N) is 7. The standard InChI is InChI=1S/C35H47N9O4/c1-4-5-14-41-15-17-42(18-16-41)32(45)28-8-12-30(13-9-28)37-35(46)36-29-10-6-27(7-11-29)31-38-33(43-19-21-47-23-25(43)2)40-34(39-31)44-20-22-48-24-26(44)3/h6-13,25-26H,4-5,14-24H2,1-3H3,(H2,36,37,46)/t25-,26+. The number of aromatic nitrogens is 3. The molecule has 13 nitrogen and oxygen atoms in total. The molecular formula is C35H47N9O4. The van der Waals surface area contributed by atoms with Crippen molar-refractivity contribution >= 4 is 35.2 Å². The van der Waals surface area contributed by atoms with Crippen molar-refractivity contribution in [2.75, 3.05) is 92.7 Å². The normalized spacial score (nSPS) is 20.4. The first-order chi connectivity index (χ1) is 23.4. The van der Waals surface area contributed by atoms with Gasteiger partial charge in [0.25, 0.3) is 5.91 Å². The van der Waals surface area contributed by atoms with E-state index in [1.165, 1.54) is 12.8 Å². The van der Waals surface area contributed by atoms with Gasteiger partial charge < -0.3 is 34.8 Å². The van der Waals surface area contributed by atoms with Crippen LogP contribution in [0.5, 0.6) is 0 Å². The van der Waals surface area contributed by atoms with Gasteiger partial charge in [-0.05, 0) is 75.3 Å². The minimum atomic E-state index is -0.377. The van der Waals surface area contributed by atoms with Crippen molar-refractivity contribution in [3.63, 3.8) is 0 Å². The van der Waals surface area contributed by atoms with E-state index in [4.69, 9.17) is 24.4 Å². The lowest BCUT2D eigenvalue weighted by Crippen LogP contribution is -2.48. The second kappa shape index (κ2) is 15.7. The highest BCUT2D eigenvalue weighted by atomic mass is 16.5. The molecule has 0 saturated carbocycles. The van der Waals surface area contributed by atoms with E-state index in [9.17, 15) is 9.59 Å². The largest absolute Gasteiger partial charge is 0.377 e. The van der Waals surface area contributed by atoms with Crippen LogP contribution in [-0.2, 0) is 9.47 Å². The van der Waals surface area contributed by atoms with Crippen molar-refractivity contribution in [2.24, 2.45) is 0 Å². The van der Waals surface area contributed by atoms with Gasteiger partial charge in [0.05, 0.1) is 38.5 Å². The Kier molecular flexibility index (Phi) is 11.0. The molecule has 0 bridgehead atoms. The second-order valence-electron chi connectivity index (χ2n) is 12.7. The maximum absolute atomic E-state index is 13.0. The summed E-state index contributed by atoms with van der Waals surface area (Å²) in [6.45, 7) is 14.7. The van der Waals surface area contributed by atoms with Gasteiger partial charge >= 0.3 is 6.03 Å². The van der Waals surface area contributed by atoms with Crippen molar-refractivity contribution < 1.29 is 19.1 Å². The van der Waals surface area contributed by atoms with E-state index in [1.54, 1.807) is 24.3 Å². The fraction of sp³-hybridized carbons (Fsp3) is 0.514. The molecule has 4 heterocycles. The number of carbonyl (C=O) groups excluding carboxylic acids is 2. The molecule has 3 aliphatic rings. The van der Waals surface area contributed by atoms with Crippen molar-refractivity contribution in [2.45, 2.75) is 45.7 Å². The molecule has 1 aromatic heterocycles. The third kappa shape index (κ3) is 8.20. The summed E-state index contributed by atoms with van der Waals surface area (Å²) in [7, 11) is 0. The lowest BCUT2D eigenvalue weighted by atomic mass is 10.1. The van der Waals surface area contributed by atoms with Gasteiger partial charge in [-0.15, -0.1) is 0 Å². The molecule has 3 amide bonds. The number of hydrogen-bond donors (Lipinski definition) is 2. The van der Waals surface area contributed by atoms with E-state index in [2.05, 4.69) is 46.1 Å². The molecule has 3 saturated heterocycles. The Labute approximate surface area is 282 Å². The highest BCUT2D eigenvalue weighted by Crippen LogP contribution is 2.26. The Bertz CT molecular complexity index is 1490. The molecular weight excluding hydrogens is 610 g/mol. The first kappa shape index (κ1) is 33.6. The second-order valence-corrected chi connectivity index (χ2v) is 12.7. The predicted molar refractivity (Wildman–Crippen MR) is 187 cm³/mol. The van der Waals surface area contributed by atoms with E-state index in [1.807, 2.05) is 29.2 Å². The first-order valence-electron chi connectivity index (χ1n) is 17.1. The fourth-order valence-electron chi connectivity index (χ4n) is 6.22. The molecule has 48 heavy (non-hydrogen) atoms. The summed E-state index contributed by atoms with van der Waals surface area (Å²) in [5.74, 6) is 1.85. The molecule has 6 rings (SSSR count). The minimum Gasteiger partial charge on any atom is -0.377 e. The van der Waals surface area contributed by atoms with Crippen LogP contribution in [-0.4, -0.2) is 121 Å². The van der Waals surface area contributed by atoms with Gasteiger partial charge in [-0.3, -0.25) is 9.69 Å². The van der Waals surface area contributed by atoms with Crippen LogP contribution >= 0.6 is 0 Å². The van der Waals surface area contributed by atoms with Crippen LogP contribution < -0.4 is 20.4 Å². The first-order valence-corrected chi connectivity index (χ1v) is 17.1. The number of ether oxygens (including phenoxy) is 2. The van der Waals surface area contributed by atoms with Gasteiger partial charge in [0.2, 0.25) is 11.9 Å². The Morgan fingerprint density at radius 3 is 1.81 bits per heavy atom. The number of nitrogens with one attached hydrogen (secondary N) is 2. The monoisotopic (exact) mass is 657 g/mol. The number of benzene rings is 2. The van der Waals surface area contributed by atoms with Crippen LogP contribution in [0.2, 0.25) is 0 Å². The van der Waals surface area contributed by atoms with E-state index in [-0.39, 0.29) is 24.0 Å². The maximum atomic E-state index is 13.0. The van der Waals surface area contributed by atoms with Gasteiger partial charge in [-0.2, -0.15) is 15.0 Å². The number of rotatable bonds is 9. The molecule has 2 N–H and O–H groups in total. The third-order valence-electron chi connectivity index (χ3n) is 9.14. The van der Waals surface area contributed by atoms with Crippen molar-refractivity contribution in [3.05, 3.63) is 54.1 Å². The molecule has 2 atom stereocenters. The summed E-state index contributed by atoms with van der Waals surface area (Å²) in [6.07, 6.45) is 2.37. The zero-order valence-corrected chi connectivity index (χ0v) is 28.2. The van der Waals surface area contributed by atoms with E-state index < -0.39 is 0 Å². The minimum absolute atomic E-state index is 0.0255. The Morgan fingerprint density at radius 1 is 0.750 bits per heavy atom. The molecule has 2 aromatic carbocycles. The van der Waals surface area contributed by atoms with Crippen molar-refractivity contribution in [1.29, 1.82) is 0 Å². The quantitative estimate of drug-likeness (QED) is 0.346. The number of amides is 3. The Morgan fingerprint density at radius 2 is 1.29 bits per heavy atom. The predicted octanol–water partition coefficient (Wildman–Crippen LogP) is 4.19. The lowest BCUT2D eigenvalue weighted by molar-refractivity contribution is 0.0635. The van der Waals surface area contributed by atoms with Crippen LogP contribution in [0, 0.1) is 0 Å². The van der Waals surface area contributed by atoms with Gasteiger partial charge in [0.1, 0.15) is 0 Å². The summed E-state index contributed by atoms with van der Waals surface area (Å²) < 4.78 is 11.3. The van der Waals surface area contributed by atoms with Crippen LogP contribution in [0.1, 0.15) is 44.0 Å². The van der Waals surface area contributed by atoms with Gasteiger partial charge in [0, 0.05) is 61.8 Å². The third-order valence-corrected chi connectivity index (χ3v) is 9.14. The molecule has 0 spiro atoms. The van der Waals surface area contributed by atoms with E-state index >= 15 is 0 Å². The Balaban J connectivity index is 1.08. The average molecular weight is 658 g/mol. The highest BCUT2D eigenvalue weighted by molar-refractivity contribution is 6.00. The van der Waals surface area contributed by atoms with E-state index in [0.29, 0.717) is 74.2 Å². The summed E-state index contributed by atoms with van der Waals surface area (Å²) in [5, 5.41) is 5.74. The molecule has 3 aromatic rings. The molecule has 0 radical (unpaired) electrons. The van der Waals surface area contributed by atoms with Gasteiger partial charge in [-0.25, -0.2) is 4.79 Å². The van der Waals surface area contributed by atoms with Crippen molar-refractivity contribution in [1.82, 2.24) is 24.8 Å². The molecule has 13 heteroatoms. The summed E-state index contributed by atoms with van der Waals surface area (Å²) in [6, 6.07) is 14.4. The average Bonchev–Trinajstić information content (AvgIpc) is 3.11. The molecule has 3 fully saturated rings. The Hall–Kier alpha value is -4.33. The van der Waals surface area contributed by atoms with Crippen LogP contribution in [0.4, 0.5) is 28.1 Å². The van der Waals surface area contributed by atoms with Crippen LogP contribution in [0.15, 0.2) is 48.5 Å². The molecule has 3 aliphatic heterocycles. The van der Waals surface area contributed by atoms with Gasteiger partial charge in [0.15, 0.2) is 5.82 Å². The lowest BCUT2D eigenvalue weighted by Gasteiger charge is -2.36. The van der Waals surface area contributed by atoms with Gasteiger partial charge in [-0.1, -0.05) is 13.3 Å². The molecule has 0 unspecified atom stereocenters. The number of urea groups is 1. The molecule has 0 aliphatic carbocycles. The SMILES string of the molecule is CCCCN1CCN(C(=O)c2ccc(NC(=O)Nc3ccc(-c4nc(N5CCOC[C@H]5C)nc(N5CCOC[C@@H]5C)n4)cc3)cc2)CC1. The van der Waals surface area contributed by atoms with Crippen LogP contribution in [0.3, 0.4) is 0 Å². The summed E-state index contributed by atoms with van der Waals surface area (Å²) in [4.78, 5) is 49.2. The number of carbonyl (C=O) groups is 2. The number of morpholine rings is 2. The van der Waals surface area contributed by atoms with E-state index in [0.717, 1.165) is 38.3 Å². The van der Waals surface area contributed by atoms with Crippen molar-refractivity contribution in [3.8, 4) is 11.4 Å². The maximum Gasteiger partial charge on any atom is 0.323 e. The number of hydrogen-bond acceptors (Lipinski definition) is 10. The number of anilines is 4. The summed E-state index contributed by atoms with van der Waals surface area (Å²) in [5.41, 5.74) is 2.66. The zero-order valence-electron chi connectivity index (χ0n) is 28.2. The fourth-order valence-corrected chi connectivity index (χ4v) is 6.22. The highest BCUT2D eigenvalue weighted by Gasteiger charge is 2.27. The smallest absolute Gasteiger partial charge is 0.323 e. The molecule has 256 valence electrons. The summed E-state index contributed by atoms with van der Waals surface area (Å²) >= 11 is 0. The zero-order chi connectivity index (χ0) is 33.5. The number of unbranched alkanes of at least 4 members (excludes halogenated alkanes) is 1. The number of piperazine rings is 1. The van der Waals surface area contributed by atoms with Crippen LogP contribution in [0.25, 0.3) is 11.4 Å². The topological polar surface area (TPSA) is 128 Å².